The zero-order chi connectivity index (χ0) is 24.7. The molecule has 1 atom stereocenters. The molecular formula is C22H31N5O6S. The Morgan fingerprint density at radius 2 is 1.94 bits per heavy atom. The number of anilines is 1. The lowest BCUT2D eigenvalue weighted by atomic mass is 10.2. The van der Waals surface area contributed by atoms with Gasteiger partial charge in [-0.3, -0.25) is 14.5 Å². The molecule has 12 heteroatoms. The van der Waals surface area contributed by atoms with Crippen LogP contribution in [0, 0.1) is 13.8 Å². The van der Waals surface area contributed by atoms with Crippen molar-refractivity contribution in [3.63, 3.8) is 0 Å². The lowest BCUT2D eigenvalue weighted by Crippen LogP contribution is -2.44. The van der Waals surface area contributed by atoms with Crippen LogP contribution in [0.4, 0.5) is 5.69 Å². The van der Waals surface area contributed by atoms with Gasteiger partial charge in [-0.05, 0) is 38.5 Å². The lowest BCUT2D eigenvalue weighted by molar-refractivity contribution is -0.122. The monoisotopic (exact) mass is 493 g/mol. The van der Waals surface area contributed by atoms with Crippen LogP contribution in [0.25, 0.3) is 0 Å². The molecule has 3 N–H and O–H groups in total. The van der Waals surface area contributed by atoms with Crippen LogP contribution in [0.5, 0.6) is 0 Å². The summed E-state index contributed by atoms with van der Waals surface area (Å²) >= 11 is 0. The molecule has 1 aromatic carbocycles. The Bertz CT molecular complexity index is 1090. The Labute approximate surface area is 199 Å². The summed E-state index contributed by atoms with van der Waals surface area (Å²) in [6.07, 6.45) is 0.379. The lowest BCUT2D eigenvalue weighted by Gasteiger charge is -2.26. The van der Waals surface area contributed by atoms with Gasteiger partial charge in [-0.2, -0.15) is 4.72 Å². The number of amides is 2. The van der Waals surface area contributed by atoms with Gasteiger partial charge in [-0.15, -0.1) is 0 Å². The summed E-state index contributed by atoms with van der Waals surface area (Å²) in [4.78, 5) is 26.9. The average molecular weight is 494 g/mol. The summed E-state index contributed by atoms with van der Waals surface area (Å²) in [5, 5.41) is 9.22. The van der Waals surface area contributed by atoms with Crippen LogP contribution in [0.3, 0.4) is 0 Å². The molecule has 0 bridgehead atoms. The van der Waals surface area contributed by atoms with Gasteiger partial charge >= 0.3 is 0 Å². The molecule has 34 heavy (non-hydrogen) atoms. The van der Waals surface area contributed by atoms with E-state index < -0.39 is 22.0 Å². The first-order valence-electron chi connectivity index (χ1n) is 11.1. The second-order valence-electron chi connectivity index (χ2n) is 8.17. The summed E-state index contributed by atoms with van der Waals surface area (Å²) in [6.45, 7) is 8.35. The zero-order valence-corrected chi connectivity index (χ0v) is 20.4. The maximum absolute atomic E-state index is 12.6. The van der Waals surface area contributed by atoms with E-state index in [1.165, 1.54) is 20.8 Å². The van der Waals surface area contributed by atoms with Gasteiger partial charge in [0.15, 0.2) is 5.76 Å². The van der Waals surface area contributed by atoms with Gasteiger partial charge in [0.25, 0.3) is 0 Å². The number of aryl methyl sites for hydroxylation is 2. The average Bonchev–Trinajstić information content (AvgIpc) is 3.15. The highest BCUT2D eigenvalue weighted by Gasteiger charge is 2.28. The fourth-order valence-corrected chi connectivity index (χ4v) is 5.14. The van der Waals surface area contributed by atoms with Crippen molar-refractivity contribution in [3.05, 3.63) is 41.3 Å². The minimum atomic E-state index is -3.96. The van der Waals surface area contributed by atoms with Gasteiger partial charge in [0.1, 0.15) is 10.6 Å². The Morgan fingerprint density at radius 3 is 2.62 bits per heavy atom. The number of nitrogens with zero attached hydrogens (tertiary/aromatic N) is 2. The van der Waals surface area contributed by atoms with Gasteiger partial charge in [0.05, 0.1) is 19.3 Å². The maximum Gasteiger partial charge on any atom is 0.246 e. The van der Waals surface area contributed by atoms with Crippen molar-refractivity contribution in [2.24, 2.45) is 0 Å². The number of carbonyl (C=O) groups excluding carboxylic acids is 2. The molecule has 0 unspecified atom stereocenters. The molecule has 3 rings (SSSR count). The summed E-state index contributed by atoms with van der Waals surface area (Å²) in [6, 6.07) is 6.12. The highest BCUT2D eigenvalue weighted by Crippen LogP contribution is 2.19. The molecule has 11 nitrogen and oxygen atoms in total. The van der Waals surface area contributed by atoms with Crippen molar-refractivity contribution in [1.29, 1.82) is 0 Å². The molecule has 0 spiro atoms. The van der Waals surface area contributed by atoms with E-state index in [1.54, 1.807) is 18.2 Å². The summed E-state index contributed by atoms with van der Waals surface area (Å²) in [5.74, 6) is -0.424. The molecule has 1 aliphatic rings. The number of carbonyl (C=O) groups is 2. The van der Waals surface area contributed by atoms with E-state index >= 15 is 0 Å². The van der Waals surface area contributed by atoms with Crippen LogP contribution in [-0.4, -0.2) is 69.2 Å². The largest absolute Gasteiger partial charge is 0.379 e. The Kier molecular flexibility index (Phi) is 8.78. The number of rotatable bonds is 10. The van der Waals surface area contributed by atoms with Gasteiger partial charge in [-0.25, -0.2) is 8.42 Å². The van der Waals surface area contributed by atoms with E-state index in [1.807, 2.05) is 6.07 Å². The van der Waals surface area contributed by atoms with E-state index in [9.17, 15) is 18.0 Å². The van der Waals surface area contributed by atoms with E-state index in [2.05, 4.69) is 25.4 Å². The predicted molar refractivity (Wildman–Crippen MR) is 125 cm³/mol. The van der Waals surface area contributed by atoms with Crippen LogP contribution < -0.4 is 15.4 Å². The SMILES string of the molecule is Cc1noc(C)c1S(=O)(=O)N[C@@H](C)C(=O)NCc1cccc(NC(=O)CCN2CCOCC2)c1. The first-order chi connectivity index (χ1) is 16.2. The standard InChI is InChI=1S/C22H31N5O6S/c1-15-21(17(3)33-25-15)34(30,31)26-16(2)22(29)23-14-18-5-4-6-19(13-18)24-20(28)7-8-27-9-11-32-12-10-27/h4-6,13,16,26H,7-12,14H2,1-3H3,(H,23,29)(H,24,28)/t16-/m0/s1. The zero-order valence-electron chi connectivity index (χ0n) is 19.6. The molecule has 0 saturated carbocycles. The minimum absolute atomic E-state index is 0.0655. The van der Waals surface area contributed by atoms with Gasteiger partial charge in [-0.1, -0.05) is 17.3 Å². The second kappa shape index (κ2) is 11.6. The van der Waals surface area contributed by atoms with Crippen LogP contribution in [0.1, 0.15) is 30.4 Å². The number of benzene rings is 1. The van der Waals surface area contributed by atoms with Crippen LogP contribution in [-0.2, 0) is 30.9 Å². The molecule has 2 heterocycles. The summed E-state index contributed by atoms with van der Waals surface area (Å²) in [5.41, 5.74) is 1.62. The number of aromatic nitrogens is 1. The Balaban J connectivity index is 1.48. The van der Waals surface area contributed by atoms with Crippen molar-refractivity contribution in [1.82, 2.24) is 20.1 Å². The van der Waals surface area contributed by atoms with Crippen molar-refractivity contribution in [2.45, 2.75) is 44.7 Å². The molecule has 1 aliphatic heterocycles. The molecule has 1 fully saturated rings. The first-order valence-corrected chi connectivity index (χ1v) is 12.6. The predicted octanol–water partition coefficient (Wildman–Crippen LogP) is 0.935. The molecule has 0 aliphatic carbocycles. The molecular weight excluding hydrogens is 462 g/mol. The van der Waals surface area contributed by atoms with Gasteiger partial charge in [0, 0.05) is 38.3 Å². The fraction of sp³-hybridized carbons (Fsp3) is 0.500. The van der Waals surface area contributed by atoms with E-state index in [-0.39, 0.29) is 28.8 Å². The van der Waals surface area contributed by atoms with Crippen molar-refractivity contribution >= 4 is 27.5 Å². The normalized spacial score (nSPS) is 15.6. The van der Waals surface area contributed by atoms with Crippen LogP contribution >= 0.6 is 0 Å². The van der Waals surface area contributed by atoms with Crippen molar-refractivity contribution < 1.29 is 27.3 Å². The highest BCUT2D eigenvalue weighted by molar-refractivity contribution is 7.89. The van der Waals surface area contributed by atoms with E-state index in [0.29, 0.717) is 31.9 Å². The summed E-state index contributed by atoms with van der Waals surface area (Å²) in [7, 11) is -3.96. The third-order valence-corrected chi connectivity index (χ3v) is 7.18. The summed E-state index contributed by atoms with van der Waals surface area (Å²) < 4.78 is 37.7. The highest BCUT2D eigenvalue weighted by atomic mass is 32.2. The van der Waals surface area contributed by atoms with Gasteiger partial charge in [0.2, 0.25) is 21.8 Å². The number of ether oxygens (including phenoxy) is 1. The van der Waals surface area contributed by atoms with Crippen molar-refractivity contribution in [3.8, 4) is 0 Å². The Hall–Kier alpha value is -2.80. The molecule has 2 amide bonds. The number of hydrogen-bond acceptors (Lipinski definition) is 8. The molecule has 1 saturated heterocycles. The number of hydrogen-bond donors (Lipinski definition) is 3. The number of sulfonamides is 1. The van der Waals surface area contributed by atoms with E-state index in [0.717, 1.165) is 18.7 Å². The first kappa shape index (κ1) is 25.8. The topological polar surface area (TPSA) is 143 Å². The quantitative estimate of drug-likeness (QED) is 0.444. The molecule has 186 valence electrons. The number of nitrogens with one attached hydrogen (secondary N) is 3. The van der Waals surface area contributed by atoms with Crippen molar-refractivity contribution in [2.75, 3.05) is 38.2 Å². The van der Waals surface area contributed by atoms with Crippen LogP contribution in [0.15, 0.2) is 33.7 Å². The van der Waals surface area contributed by atoms with Crippen LogP contribution in [0.2, 0.25) is 0 Å². The molecule has 2 aromatic rings. The third-order valence-electron chi connectivity index (χ3n) is 5.40. The minimum Gasteiger partial charge on any atom is -0.379 e. The molecule has 0 radical (unpaired) electrons. The smallest absolute Gasteiger partial charge is 0.246 e. The van der Waals surface area contributed by atoms with Gasteiger partial charge < -0.3 is 19.9 Å². The Morgan fingerprint density at radius 1 is 1.21 bits per heavy atom. The second-order valence-corrected chi connectivity index (χ2v) is 9.82. The fourth-order valence-electron chi connectivity index (χ4n) is 3.61. The van der Waals surface area contributed by atoms with E-state index in [4.69, 9.17) is 9.26 Å². The maximum atomic E-state index is 12.6. The molecule has 1 aromatic heterocycles. The third kappa shape index (κ3) is 7.10. The number of morpholine rings is 1.